The highest BCUT2D eigenvalue weighted by Crippen LogP contribution is 2.30. The van der Waals surface area contributed by atoms with Gasteiger partial charge in [-0.05, 0) is 36.2 Å². The minimum absolute atomic E-state index is 0.0111. The zero-order valence-electron chi connectivity index (χ0n) is 16.4. The maximum atomic E-state index is 12.8. The number of nitrogens with zero attached hydrogens (tertiary/aromatic N) is 3. The van der Waals surface area contributed by atoms with E-state index >= 15 is 0 Å². The van der Waals surface area contributed by atoms with E-state index in [1.165, 1.54) is 11.8 Å². The lowest BCUT2D eigenvalue weighted by molar-refractivity contribution is -0.125. The minimum Gasteiger partial charge on any atom is -0.497 e. The Balaban J connectivity index is 1.76. The first-order chi connectivity index (χ1) is 14.2. The van der Waals surface area contributed by atoms with E-state index in [9.17, 15) is 4.79 Å². The fourth-order valence-corrected chi connectivity index (χ4v) is 4.05. The number of ether oxygens (including phenoxy) is 2. The second-order valence-electron chi connectivity index (χ2n) is 6.27. The summed E-state index contributed by atoms with van der Waals surface area (Å²) in [7, 11) is 3.24. The molecule has 1 saturated heterocycles. The molecule has 1 fully saturated rings. The highest BCUT2D eigenvalue weighted by Gasteiger charge is 2.37. The van der Waals surface area contributed by atoms with Gasteiger partial charge in [-0.25, -0.2) is 0 Å². The first-order valence-electron chi connectivity index (χ1n) is 9.12. The van der Waals surface area contributed by atoms with Crippen molar-refractivity contribution in [1.29, 1.82) is 0 Å². The Kier molecular flexibility index (Phi) is 7.08. The second kappa shape index (κ2) is 9.93. The summed E-state index contributed by atoms with van der Waals surface area (Å²) in [6, 6.07) is 15.3. The van der Waals surface area contributed by atoms with Gasteiger partial charge >= 0.3 is 0 Å². The van der Waals surface area contributed by atoms with Gasteiger partial charge in [0.15, 0.2) is 5.17 Å². The fourth-order valence-electron chi connectivity index (χ4n) is 2.90. The normalized spacial score (nSPS) is 17.9. The number of para-hydroxylation sites is 1. The smallest absolute Gasteiger partial charge is 0.242 e. The third-order valence-electron chi connectivity index (χ3n) is 4.39. The predicted octanol–water partition coefficient (Wildman–Crippen LogP) is 3.77. The molecule has 29 heavy (non-hydrogen) atoms. The lowest BCUT2D eigenvalue weighted by atomic mass is 10.1. The van der Waals surface area contributed by atoms with Crippen LogP contribution in [0.2, 0.25) is 0 Å². The number of methoxy groups -OCH3 is 2. The van der Waals surface area contributed by atoms with E-state index in [2.05, 4.69) is 16.8 Å². The first kappa shape index (κ1) is 20.7. The second-order valence-corrected chi connectivity index (χ2v) is 7.44. The molecule has 0 aliphatic carbocycles. The molecule has 0 bridgehead atoms. The molecular formula is C22H23N3O3S. The van der Waals surface area contributed by atoms with Crippen LogP contribution in [0.15, 0.2) is 71.4 Å². The van der Waals surface area contributed by atoms with Gasteiger partial charge in [0.2, 0.25) is 5.91 Å². The average molecular weight is 410 g/mol. The van der Waals surface area contributed by atoms with Crippen LogP contribution in [0.1, 0.15) is 11.1 Å². The lowest BCUT2D eigenvalue weighted by Gasteiger charge is -2.13. The molecule has 1 amide bonds. The molecule has 6 nitrogen and oxygen atoms in total. The molecule has 2 aromatic rings. The molecule has 0 N–H and O–H groups in total. The van der Waals surface area contributed by atoms with Gasteiger partial charge in [-0.1, -0.05) is 42.1 Å². The van der Waals surface area contributed by atoms with Crippen molar-refractivity contribution >= 4 is 29.1 Å². The Morgan fingerprint density at radius 2 is 1.90 bits per heavy atom. The average Bonchev–Trinajstić information content (AvgIpc) is 3.04. The maximum Gasteiger partial charge on any atom is 0.242 e. The Hall–Kier alpha value is -3.06. The van der Waals surface area contributed by atoms with Gasteiger partial charge in [0.25, 0.3) is 0 Å². The number of carbonyl (C=O) groups excluding carboxylic acids is 1. The maximum absolute atomic E-state index is 12.8. The number of carbonyl (C=O) groups is 1. The van der Waals surface area contributed by atoms with Crippen LogP contribution < -0.4 is 9.47 Å². The first-order valence-corrected chi connectivity index (χ1v) is 10.00. The molecule has 0 saturated carbocycles. The van der Waals surface area contributed by atoms with Gasteiger partial charge in [-0.2, -0.15) is 5.10 Å². The molecule has 1 heterocycles. The molecule has 2 aromatic carbocycles. The molecule has 1 aliphatic rings. The summed E-state index contributed by atoms with van der Waals surface area (Å²) in [5, 5.41) is 8.80. The van der Waals surface area contributed by atoms with Crippen LogP contribution in [0.3, 0.4) is 0 Å². The molecule has 3 rings (SSSR count). The molecule has 0 spiro atoms. The van der Waals surface area contributed by atoms with Crippen molar-refractivity contribution in [2.45, 2.75) is 11.7 Å². The largest absolute Gasteiger partial charge is 0.497 e. The molecular weight excluding hydrogens is 386 g/mol. The number of rotatable bonds is 8. The topological polar surface area (TPSA) is 63.5 Å². The van der Waals surface area contributed by atoms with E-state index in [0.29, 0.717) is 23.9 Å². The highest BCUT2D eigenvalue weighted by atomic mass is 32.2. The molecule has 1 aliphatic heterocycles. The molecule has 0 aromatic heterocycles. The van der Waals surface area contributed by atoms with E-state index in [1.807, 2.05) is 48.5 Å². The van der Waals surface area contributed by atoms with Crippen LogP contribution in [0, 0.1) is 0 Å². The third kappa shape index (κ3) is 5.06. The molecule has 1 atom stereocenters. The van der Waals surface area contributed by atoms with Gasteiger partial charge in [-0.3, -0.25) is 9.69 Å². The Morgan fingerprint density at radius 1 is 1.14 bits per heavy atom. The quantitative estimate of drug-likeness (QED) is 0.378. The van der Waals surface area contributed by atoms with Crippen LogP contribution in [-0.2, 0) is 11.2 Å². The Labute approximate surface area is 174 Å². The van der Waals surface area contributed by atoms with Gasteiger partial charge in [0.1, 0.15) is 11.5 Å². The molecule has 0 unspecified atom stereocenters. The number of thioether (sulfide) groups is 1. The third-order valence-corrected chi connectivity index (χ3v) is 5.56. The highest BCUT2D eigenvalue weighted by molar-refractivity contribution is 8.15. The van der Waals surface area contributed by atoms with Crippen molar-refractivity contribution in [3.63, 3.8) is 0 Å². The van der Waals surface area contributed by atoms with Crippen molar-refractivity contribution in [2.75, 3.05) is 20.8 Å². The van der Waals surface area contributed by atoms with Crippen molar-refractivity contribution in [3.05, 3.63) is 72.3 Å². The zero-order chi connectivity index (χ0) is 20.6. The Bertz CT molecular complexity index is 925. The molecule has 7 heteroatoms. The molecule has 0 radical (unpaired) electrons. The van der Waals surface area contributed by atoms with Gasteiger partial charge in [-0.15, -0.1) is 11.7 Å². The predicted molar refractivity (Wildman–Crippen MR) is 118 cm³/mol. The van der Waals surface area contributed by atoms with Crippen molar-refractivity contribution in [3.8, 4) is 11.5 Å². The van der Waals surface area contributed by atoms with Crippen LogP contribution >= 0.6 is 11.8 Å². The summed E-state index contributed by atoms with van der Waals surface area (Å²) < 4.78 is 10.5. The van der Waals surface area contributed by atoms with E-state index in [1.54, 1.807) is 31.4 Å². The van der Waals surface area contributed by atoms with Gasteiger partial charge in [0.05, 0.1) is 25.7 Å². The monoisotopic (exact) mass is 409 g/mol. The number of amidine groups is 1. The minimum atomic E-state index is -0.247. The fraction of sp³-hybridized carbons (Fsp3) is 0.227. The number of hydrogen-bond donors (Lipinski definition) is 0. The SMILES string of the molecule is C=CCN1C(=O)[C@@H](Cc2ccc(OC)cc2)S/C1=N\N=C/c1ccccc1OC. The van der Waals surface area contributed by atoms with Gasteiger partial charge in [0, 0.05) is 12.1 Å². The summed E-state index contributed by atoms with van der Waals surface area (Å²) in [5.74, 6) is 1.52. The summed E-state index contributed by atoms with van der Waals surface area (Å²) in [6.45, 7) is 4.14. The summed E-state index contributed by atoms with van der Waals surface area (Å²) in [4.78, 5) is 14.5. The van der Waals surface area contributed by atoms with Crippen LogP contribution in [0.25, 0.3) is 0 Å². The summed E-state index contributed by atoms with van der Waals surface area (Å²) in [5.41, 5.74) is 1.88. The number of amides is 1. The van der Waals surface area contributed by atoms with Crippen molar-refractivity contribution in [1.82, 2.24) is 4.90 Å². The lowest BCUT2D eigenvalue weighted by Crippen LogP contribution is -2.32. The summed E-state index contributed by atoms with van der Waals surface area (Å²) in [6.07, 6.45) is 3.92. The Morgan fingerprint density at radius 3 is 2.59 bits per heavy atom. The summed E-state index contributed by atoms with van der Waals surface area (Å²) >= 11 is 1.42. The van der Waals surface area contributed by atoms with E-state index in [0.717, 1.165) is 16.9 Å². The van der Waals surface area contributed by atoms with E-state index in [4.69, 9.17) is 9.47 Å². The van der Waals surface area contributed by atoms with Crippen LogP contribution in [-0.4, -0.2) is 48.2 Å². The van der Waals surface area contributed by atoms with Crippen LogP contribution in [0.4, 0.5) is 0 Å². The van der Waals surface area contributed by atoms with Crippen LogP contribution in [0.5, 0.6) is 11.5 Å². The van der Waals surface area contributed by atoms with E-state index < -0.39 is 0 Å². The number of benzene rings is 2. The zero-order valence-corrected chi connectivity index (χ0v) is 17.3. The number of hydrogen-bond acceptors (Lipinski definition) is 6. The van der Waals surface area contributed by atoms with Gasteiger partial charge < -0.3 is 9.47 Å². The molecule has 150 valence electrons. The van der Waals surface area contributed by atoms with E-state index in [-0.39, 0.29) is 11.2 Å². The van der Waals surface area contributed by atoms with Crippen molar-refractivity contribution in [2.24, 2.45) is 10.2 Å². The van der Waals surface area contributed by atoms with Crippen molar-refractivity contribution < 1.29 is 14.3 Å². The standard InChI is InChI=1S/C22H23N3O3S/c1-4-13-25-21(26)20(14-16-9-11-18(27-2)12-10-16)29-22(25)24-23-15-17-7-5-6-8-19(17)28-3/h4-12,15,20H,1,13-14H2,2-3H3/b23-15-,24-22-/t20-/m1/s1.